The molecular weight excluding hydrogens is 392 g/mol. The highest BCUT2D eigenvalue weighted by molar-refractivity contribution is 5.76. The molecule has 2 aromatic rings. The fraction of sp³-hybridized carbons (Fsp3) is 0.480. The van der Waals surface area contributed by atoms with Crippen molar-refractivity contribution in [2.45, 2.75) is 44.6 Å². The van der Waals surface area contributed by atoms with Crippen molar-refractivity contribution in [1.82, 2.24) is 4.90 Å². The van der Waals surface area contributed by atoms with E-state index in [1.54, 1.807) is 14.2 Å². The second-order valence-corrected chi connectivity index (χ2v) is 7.87. The molecule has 1 saturated heterocycles. The van der Waals surface area contributed by atoms with Crippen LogP contribution >= 0.6 is 0 Å². The quantitative estimate of drug-likeness (QED) is 0.422. The minimum Gasteiger partial charge on any atom is -0.497 e. The van der Waals surface area contributed by atoms with E-state index >= 15 is 0 Å². The maximum Gasteiger partial charge on any atom is 0.323 e. The number of esters is 1. The van der Waals surface area contributed by atoms with Crippen LogP contribution in [0.25, 0.3) is 0 Å². The Balaban J connectivity index is 1.45. The molecule has 0 saturated carbocycles. The number of piperidine rings is 1. The second kappa shape index (κ2) is 12.2. The first-order valence-electron chi connectivity index (χ1n) is 11.1. The molecule has 0 amide bonds. The molecule has 168 valence electrons. The Morgan fingerprint density at radius 2 is 1.77 bits per heavy atom. The minimum atomic E-state index is -0.192. The van der Waals surface area contributed by atoms with Gasteiger partial charge in [-0.2, -0.15) is 0 Å². The highest BCUT2D eigenvalue weighted by Gasteiger charge is 2.29. The summed E-state index contributed by atoms with van der Waals surface area (Å²) >= 11 is 0. The number of aryl methyl sites for hydroxylation is 1. The highest BCUT2D eigenvalue weighted by Crippen LogP contribution is 2.26. The summed E-state index contributed by atoms with van der Waals surface area (Å²) < 4.78 is 16.3. The highest BCUT2D eigenvalue weighted by atomic mass is 16.5. The molecule has 0 spiro atoms. The molecule has 0 aromatic heterocycles. The molecule has 1 aliphatic rings. The normalized spacial score (nSPS) is 16.5. The molecule has 2 aromatic carbocycles. The molecule has 6 heteroatoms. The van der Waals surface area contributed by atoms with Crippen LogP contribution in [0, 0.1) is 0 Å². The van der Waals surface area contributed by atoms with Gasteiger partial charge < -0.3 is 19.5 Å². The van der Waals surface area contributed by atoms with Gasteiger partial charge in [0.15, 0.2) is 0 Å². The molecule has 1 atom stereocenters. The van der Waals surface area contributed by atoms with Gasteiger partial charge in [-0.05, 0) is 37.7 Å². The Morgan fingerprint density at radius 1 is 1.03 bits per heavy atom. The zero-order chi connectivity index (χ0) is 21.9. The number of hydrogen-bond acceptors (Lipinski definition) is 6. The Hall–Kier alpha value is -2.73. The van der Waals surface area contributed by atoms with Crippen LogP contribution in [0.5, 0.6) is 11.5 Å². The van der Waals surface area contributed by atoms with Gasteiger partial charge in [-0.15, -0.1) is 0 Å². The summed E-state index contributed by atoms with van der Waals surface area (Å²) in [5, 5.41) is 3.40. The number of methoxy groups -OCH3 is 2. The topological polar surface area (TPSA) is 60.0 Å². The van der Waals surface area contributed by atoms with Crippen LogP contribution in [0.3, 0.4) is 0 Å². The van der Waals surface area contributed by atoms with E-state index in [4.69, 9.17) is 14.2 Å². The molecule has 1 fully saturated rings. The Kier molecular flexibility index (Phi) is 9.03. The predicted octanol–water partition coefficient (Wildman–Crippen LogP) is 4.49. The third kappa shape index (κ3) is 7.17. The van der Waals surface area contributed by atoms with Crippen molar-refractivity contribution in [2.24, 2.45) is 0 Å². The molecule has 1 aliphatic heterocycles. The van der Waals surface area contributed by atoms with Crippen molar-refractivity contribution in [3.8, 4) is 11.5 Å². The van der Waals surface area contributed by atoms with Crippen LogP contribution in [-0.4, -0.2) is 51.0 Å². The average Bonchev–Trinajstić information content (AvgIpc) is 2.83. The number of ether oxygens (including phenoxy) is 3. The van der Waals surface area contributed by atoms with Crippen LogP contribution in [0.15, 0.2) is 48.5 Å². The molecule has 0 unspecified atom stereocenters. The van der Waals surface area contributed by atoms with Crippen LogP contribution < -0.4 is 14.8 Å². The zero-order valence-electron chi connectivity index (χ0n) is 18.6. The van der Waals surface area contributed by atoms with Gasteiger partial charge in [0, 0.05) is 30.4 Å². The Morgan fingerprint density at radius 3 is 2.48 bits per heavy atom. The smallest absolute Gasteiger partial charge is 0.323 e. The van der Waals surface area contributed by atoms with E-state index in [9.17, 15) is 4.79 Å². The lowest BCUT2D eigenvalue weighted by Crippen LogP contribution is -2.47. The van der Waals surface area contributed by atoms with E-state index in [-0.39, 0.29) is 12.0 Å². The van der Waals surface area contributed by atoms with Crippen LogP contribution in [0.1, 0.15) is 37.7 Å². The van der Waals surface area contributed by atoms with E-state index in [1.807, 2.05) is 24.3 Å². The summed E-state index contributed by atoms with van der Waals surface area (Å²) in [5.41, 5.74) is 2.22. The summed E-state index contributed by atoms with van der Waals surface area (Å²) in [7, 11) is 3.27. The number of likely N-dealkylation sites (tertiary alicyclic amines) is 1. The maximum atomic E-state index is 12.7. The summed E-state index contributed by atoms with van der Waals surface area (Å²) in [6, 6.07) is 15.9. The first-order valence-corrected chi connectivity index (χ1v) is 11.1. The molecule has 1 heterocycles. The van der Waals surface area contributed by atoms with Crippen molar-refractivity contribution in [3.05, 3.63) is 54.1 Å². The van der Waals surface area contributed by atoms with Gasteiger partial charge in [0.1, 0.15) is 17.5 Å². The average molecular weight is 427 g/mol. The number of nitrogens with one attached hydrogen (secondary N) is 1. The minimum absolute atomic E-state index is 0.107. The number of hydrogen-bond donors (Lipinski definition) is 1. The number of benzene rings is 2. The van der Waals surface area contributed by atoms with Gasteiger partial charge in [0.2, 0.25) is 0 Å². The number of carbonyl (C=O) groups is 1. The largest absolute Gasteiger partial charge is 0.497 e. The molecule has 3 rings (SSSR count). The lowest BCUT2D eigenvalue weighted by atomic mass is 10.0. The molecule has 31 heavy (non-hydrogen) atoms. The Labute approximate surface area is 185 Å². The van der Waals surface area contributed by atoms with Crippen LogP contribution in [0.2, 0.25) is 0 Å². The zero-order valence-corrected chi connectivity index (χ0v) is 18.6. The van der Waals surface area contributed by atoms with Crippen molar-refractivity contribution in [1.29, 1.82) is 0 Å². The fourth-order valence-electron chi connectivity index (χ4n) is 3.89. The van der Waals surface area contributed by atoms with Crippen LogP contribution in [0.4, 0.5) is 5.69 Å². The predicted molar refractivity (Wildman–Crippen MR) is 123 cm³/mol. The molecule has 0 aliphatic carbocycles. The van der Waals surface area contributed by atoms with Crippen LogP contribution in [-0.2, 0) is 16.0 Å². The van der Waals surface area contributed by atoms with E-state index in [2.05, 4.69) is 34.5 Å². The number of carbonyl (C=O) groups excluding carboxylic acids is 1. The summed E-state index contributed by atoms with van der Waals surface area (Å²) in [6.07, 6.45) is 5.90. The SMILES string of the molecule is COc1cc(NCN2CCCC[C@H]2C(=O)OCCCCc2ccccc2)cc(OC)c1. The third-order valence-electron chi connectivity index (χ3n) is 5.67. The Bertz CT molecular complexity index is 790. The van der Waals surface area contributed by atoms with Crippen molar-refractivity contribution in [3.63, 3.8) is 0 Å². The molecule has 1 N–H and O–H groups in total. The number of nitrogens with zero attached hydrogens (tertiary/aromatic N) is 1. The van der Waals surface area contributed by atoms with Crippen molar-refractivity contribution in [2.75, 3.05) is 39.4 Å². The first-order chi connectivity index (χ1) is 15.2. The van der Waals surface area contributed by atoms with Gasteiger partial charge in [0.05, 0.1) is 27.5 Å². The maximum absolute atomic E-state index is 12.7. The van der Waals surface area contributed by atoms with Gasteiger partial charge in [0.25, 0.3) is 0 Å². The number of unbranched alkanes of at least 4 members (excludes halogenated alkanes) is 1. The van der Waals surface area contributed by atoms with E-state index in [0.29, 0.717) is 13.3 Å². The lowest BCUT2D eigenvalue weighted by molar-refractivity contribution is -0.151. The van der Waals surface area contributed by atoms with Gasteiger partial charge in [-0.1, -0.05) is 36.8 Å². The van der Waals surface area contributed by atoms with Gasteiger partial charge >= 0.3 is 5.97 Å². The van der Waals surface area contributed by atoms with E-state index in [1.165, 1.54) is 5.56 Å². The van der Waals surface area contributed by atoms with E-state index < -0.39 is 0 Å². The number of rotatable bonds is 11. The monoisotopic (exact) mass is 426 g/mol. The molecule has 6 nitrogen and oxygen atoms in total. The fourth-order valence-corrected chi connectivity index (χ4v) is 3.89. The van der Waals surface area contributed by atoms with Gasteiger partial charge in [-0.3, -0.25) is 9.69 Å². The standard InChI is InChI=1S/C25H34N2O4/c1-29-22-16-21(17-23(18-22)30-2)26-19-27-14-8-6-13-24(27)25(28)31-15-9-7-12-20-10-4-3-5-11-20/h3-5,10-11,16-18,24,26H,6-9,12-15,19H2,1-2H3/t24-/m0/s1. The molecule has 0 bridgehead atoms. The summed E-state index contributed by atoms with van der Waals surface area (Å²) in [4.78, 5) is 14.9. The van der Waals surface area contributed by atoms with Crippen molar-refractivity contribution < 1.29 is 19.0 Å². The van der Waals surface area contributed by atoms with E-state index in [0.717, 1.165) is 62.3 Å². The second-order valence-electron chi connectivity index (χ2n) is 7.87. The summed E-state index contributed by atoms with van der Waals surface area (Å²) in [5.74, 6) is 1.35. The number of anilines is 1. The summed E-state index contributed by atoms with van der Waals surface area (Å²) in [6.45, 7) is 1.93. The van der Waals surface area contributed by atoms with Gasteiger partial charge in [-0.25, -0.2) is 0 Å². The molecular formula is C25H34N2O4. The van der Waals surface area contributed by atoms with Crippen molar-refractivity contribution >= 4 is 11.7 Å². The lowest BCUT2D eigenvalue weighted by Gasteiger charge is -2.34. The molecule has 0 radical (unpaired) electrons. The third-order valence-corrected chi connectivity index (χ3v) is 5.67. The first kappa shape index (κ1) is 22.9.